The lowest BCUT2D eigenvalue weighted by molar-refractivity contribution is 0.182. The molecule has 4 rings (SSSR count). The summed E-state index contributed by atoms with van der Waals surface area (Å²) in [7, 11) is 0. The van der Waals surface area contributed by atoms with Crippen molar-refractivity contribution in [2.24, 2.45) is 0 Å². The van der Waals surface area contributed by atoms with E-state index in [9.17, 15) is 8.78 Å². The van der Waals surface area contributed by atoms with E-state index in [-0.39, 0.29) is 0 Å². The highest BCUT2D eigenvalue weighted by Crippen LogP contribution is 2.32. The number of benzene rings is 2. The molecule has 2 heterocycles. The minimum Gasteiger partial charge on any atom is -0.493 e. The van der Waals surface area contributed by atoms with E-state index < -0.39 is 11.6 Å². The molecule has 0 aliphatic carbocycles. The highest BCUT2D eigenvalue weighted by molar-refractivity contribution is 5.36. The summed E-state index contributed by atoms with van der Waals surface area (Å²) in [5.74, 6) is -0.545. The van der Waals surface area contributed by atoms with Crippen LogP contribution in [0.3, 0.4) is 0 Å². The lowest BCUT2D eigenvalue weighted by Gasteiger charge is -2.34. The second-order valence-corrected chi connectivity index (χ2v) is 7.55. The van der Waals surface area contributed by atoms with Crippen LogP contribution in [0.2, 0.25) is 0 Å². The summed E-state index contributed by atoms with van der Waals surface area (Å²) < 4.78 is 32.3. The summed E-state index contributed by atoms with van der Waals surface area (Å²) in [6, 6.07) is 13.3. The molecule has 1 unspecified atom stereocenters. The Bertz CT molecular complexity index is 775. The van der Waals surface area contributed by atoms with Gasteiger partial charge in [-0.3, -0.25) is 4.90 Å². The van der Waals surface area contributed by atoms with Gasteiger partial charge in [-0.25, -0.2) is 8.78 Å². The molecular formula is C22H26F2N2O. The van der Waals surface area contributed by atoms with Gasteiger partial charge in [0.15, 0.2) is 11.6 Å². The molecule has 0 amide bonds. The molecule has 27 heavy (non-hydrogen) atoms. The second kappa shape index (κ2) is 8.36. The molecule has 1 saturated heterocycles. The molecule has 0 bridgehead atoms. The Morgan fingerprint density at radius 2 is 1.81 bits per heavy atom. The van der Waals surface area contributed by atoms with Crippen molar-refractivity contribution < 1.29 is 13.5 Å². The van der Waals surface area contributed by atoms with Gasteiger partial charge in [-0.05, 0) is 62.5 Å². The zero-order valence-corrected chi connectivity index (χ0v) is 15.5. The van der Waals surface area contributed by atoms with Crippen LogP contribution in [0.1, 0.15) is 42.9 Å². The molecule has 2 aromatic rings. The van der Waals surface area contributed by atoms with Gasteiger partial charge in [0.05, 0.1) is 6.61 Å². The molecule has 0 aromatic heterocycles. The van der Waals surface area contributed by atoms with E-state index in [4.69, 9.17) is 4.74 Å². The molecule has 0 saturated carbocycles. The van der Waals surface area contributed by atoms with Crippen LogP contribution in [0.25, 0.3) is 0 Å². The quantitative estimate of drug-likeness (QED) is 0.859. The number of ether oxygens (including phenoxy) is 1. The van der Waals surface area contributed by atoms with Crippen LogP contribution in [0, 0.1) is 11.6 Å². The third-order valence-corrected chi connectivity index (χ3v) is 5.60. The maximum absolute atomic E-state index is 13.4. The SMILES string of the molecule is Fc1ccc(CN2CCC(NC3CCCOc4ccccc43)CC2)cc1F. The predicted octanol–water partition coefficient (Wildman–Crippen LogP) is 4.43. The molecule has 2 aliphatic heterocycles. The van der Waals surface area contributed by atoms with Gasteiger partial charge in [-0.1, -0.05) is 24.3 Å². The molecule has 1 N–H and O–H groups in total. The predicted molar refractivity (Wildman–Crippen MR) is 102 cm³/mol. The Morgan fingerprint density at radius 3 is 2.63 bits per heavy atom. The maximum atomic E-state index is 13.4. The Hall–Kier alpha value is -1.98. The summed E-state index contributed by atoms with van der Waals surface area (Å²) in [6.07, 6.45) is 4.26. The van der Waals surface area contributed by atoms with Crippen LogP contribution in [0.15, 0.2) is 42.5 Å². The average molecular weight is 372 g/mol. The van der Waals surface area contributed by atoms with Crippen LogP contribution in [0.4, 0.5) is 8.78 Å². The summed E-state index contributed by atoms with van der Waals surface area (Å²) in [6.45, 7) is 3.37. The molecule has 144 valence electrons. The first-order valence-corrected chi connectivity index (χ1v) is 9.83. The van der Waals surface area contributed by atoms with E-state index in [1.54, 1.807) is 6.07 Å². The van der Waals surface area contributed by atoms with Crippen molar-refractivity contribution in [1.29, 1.82) is 0 Å². The lowest BCUT2D eigenvalue weighted by atomic mass is 9.97. The number of rotatable bonds is 4. The summed E-state index contributed by atoms with van der Waals surface area (Å²) in [5, 5.41) is 3.84. The third kappa shape index (κ3) is 4.47. The van der Waals surface area contributed by atoms with Crippen molar-refractivity contribution in [3.63, 3.8) is 0 Å². The Labute approximate surface area is 159 Å². The highest BCUT2D eigenvalue weighted by Gasteiger charge is 2.25. The van der Waals surface area contributed by atoms with E-state index in [1.165, 1.54) is 17.7 Å². The number of hydrogen-bond acceptors (Lipinski definition) is 3. The Balaban J connectivity index is 1.32. The van der Waals surface area contributed by atoms with Crippen LogP contribution < -0.4 is 10.1 Å². The van der Waals surface area contributed by atoms with Gasteiger partial charge in [0, 0.05) is 24.2 Å². The van der Waals surface area contributed by atoms with E-state index >= 15 is 0 Å². The van der Waals surface area contributed by atoms with Crippen molar-refractivity contribution in [2.75, 3.05) is 19.7 Å². The number of nitrogens with zero attached hydrogens (tertiary/aromatic N) is 1. The molecule has 1 atom stereocenters. The summed E-state index contributed by atoms with van der Waals surface area (Å²) in [4.78, 5) is 2.31. The van der Waals surface area contributed by atoms with Gasteiger partial charge in [-0.15, -0.1) is 0 Å². The fraction of sp³-hybridized carbons (Fsp3) is 0.455. The van der Waals surface area contributed by atoms with Crippen molar-refractivity contribution in [3.8, 4) is 5.75 Å². The van der Waals surface area contributed by atoms with Crippen molar-refractivity contribution in [2.45, 2.75) is 44.3 Å². The average Bonchev–Trinajstić information content (AvgIpc) is 2.89. The molecule has 3 nitrogen and oxygen atoms in total. The van der Waals surface area contributed by atoms with Gasteiger partial charge < -0.3 is 10.1 Å². The molecule has 0 radical (unpaired) electrons. The van der Waals surface area contributed by atoms with Gasteiger partial charge in [0.25, 0.3) is 0 Å². The molecule has 1 fully saturated rings. The zero-order valence-electron chi connectivity index (χ0n) is 15.5. The number of fused-ring (bicyclic) bond motifs is 1. The molecule has 0 spiro atoms. The topological polar surface area (TPSA) is 24.5 Å². The number of hydrogen-bond donors (Lipinski definition) is 1. The number of nitrogens with one attached hydrogen (secondary N) is 1. The third-order valence-electron chi connectivity index (χ3n) is 5.60. The maximum Gasteiger partial charge on any atom is 0.159 e. The summed E-state index contributed by atoms with van der Waals surface area (Å²) >= 11 is 0. The van der Waals surface area contributed by atoms with Crippen LogP contribution in [-0.2, 0) is 6.54 Å². The largest absolute Gasteiger partial charge is 0.493 e. The fourth-order valence-electron chi connectivity index (χ4n) is 4.14. The van der Waals surface area contributed by atoms with Gasteiger partial charge in [-0.2, -0.15) is 0 Å². The molecule has 2 aliphatic rings. The smallest absolute Gasteiger partial charge is 0.159 e. The zero-order chi connectivity index (χ0) is 18.6. The van der Waals surface area contributed by atoms with E-state index in [2.05, 4.69) is 28.4 Å². The standard InChI is InChI=1S/C22H26F2N2O/c23-19-8-7-16(14-20(19)24)15-26-11-9-17(10-12-26)25-21-5-3-13-27-22-6-2-1-4-18(21)22/h1-2,4,6-8,14,17,21,25H,3,5,9-13,15H2. The number of halogens is 2. The Kier molecular flexibility index (Phi) is 5.69. The minimum absolute atomic E-state index is 0.339. The first-order chi connectivity index (χ1) is 13.2. The number of piperidine rings is 1. The highest BCUT2D eigenvalue weighted by atomic mass is 19.2. The second-order valence-electron chi connectivity index (χ2n) is 7.55. The van der Waals surface area contributed by atoms with E-state index in [0.29, 0.717) is 18.6 Å². The first-order valence-electron chi connectivity index (χ1n) is 9.83. The monoisotopic (exact) mass is 372 g/mol. The molecular weight excluding hydrogens is 346 g/mol. The van der Waals surface area contributed by atoms with Crippen LogP contribution >= 0.6 is 0 Å². The molecule has 5 heteroatoms. The van der Waals surface area contributed by atoms with Crippen LogP contribution in [0.5, 0.6) is 5.75 Å². The van der Waals surface area contributed by atoms with E-state index in [1.807, 2.05) is 6.07 Å². The van der Waals surface area contributed by atoms with Gasteiger partial charge in [0.2, 0.25) is 0 Å². The van der Waals surface area contributed by atoms with Crippen LogP contribution in [-0.4, -0.2) is 30.6 Å². The van der Waals surface area contributed by atoms with E-state index in [0.717, 1.165) is 56.7 Å². The fourth-order valence-corrected chi connectivity index (χ4v) is 4.14. The van der Waals surface area contributed by atoms with Gasteiger partial charge >= 0.3 is 0 Å². The van der Waals surface area contributed by atoms with Crippen molar-refractivity contribution in [1.82, 2.24) is 10.2 Å². The first kappa shape index (κ1) is 18.4. The Morgan fingerprint density at radius 1 is 1.00 bits per heavy atom. The summed E-state index contributed by atoms with van der Waals surface area (Å²) in [5.41, 5.74) is 2.09. The number of likely N-dealkylation sites (tertiary alicyclic amines) is 1. The number of para-hydroxylation sites is 1. The molecule has 2 aromatic carbocycles. The van der Waals surface area contributed by atoms with Crippen molar-refractivity contribution in [3.05, 3.63) is 65.2 Å². The van der Waals surface area contributed by atoms with Gasteiger partial charge in [0.1, 0.15) is 5.75 Å². The lowest BCUT2D eigenvalue weighted by Crippen LogP contribution is -2.43. The van der Waals surface area contributed by atoms with Crippen molar-refractivity contribution >= 4 is 0 Å². The minimum atomic E-state index is -0.783. The normalized spacial score (nSPS) is 21.3.